The van der Waals surface area contributed by atoms with Crippen molar-refractivity contribution in [1.29, 1.82) is 0 Å². The van der Waals surface area contributed by atoms with E-state index in [9.17, 15) is 4.79 Å². The molecule has 1 fully saturated rings. The maximum absolute atomic E-state index is 12.7. The summed E-state index contributed by atoms with van der Waals surface area (Å²) in [7, 11) is 1.67. The number of carbonyl (C=O) groups excluding carboxylic acids is 1. The molecule has 0 aliphatic carbocycles. The maximum atomic E-state index is 12.7. The molecule has 1 saturated heterocycles. The molecule has 25 heavy (non-hydrogen) atoms. The molecule has 0 bridgehead atoms. The van der Waals surface area contributed by atoms with E-state index in [2.05, 4.69) is 0 Å². The lowest BCUT2D eigenvalue weighted by atomic mass is 10.1. The van der Waals surface area contributed by atoms with Gasteiger partial charge in [-0.05, 0) is 44.0 Å². The molecule has 0 atom stereocenters. The largest absolute Gasteiger partial charge is 0.493 e. The van der Waals surface area contributed by atoms with Gasteiger partial charge in [0, 0.05) is 45.4 Å². The van der Waals surface area contributed by atoms with Crippen LogP contribution in [0.3, 0.4) is 0 Å². The summed E-state index contributed by atoms with van der Waals surface area (Å²) in [5.74, 6) is 0.782. The Kier molecular flexibility index (Phi) is 8.72. The van der Waals surface area contributed by atoms with Gasteiger partial charge in [-0.25, -0.2) is 0 Å². The minimum atomic E-state index is 0.0581. The summed E-state index contributed by atoms with van der Waals surface area (Å²) in [6, 6.07) is 7.40. The van der Waals surface area contributed by atoms with Gasteiger partial charge in [0.2, 0.25) is 0 Å². The molecule has 1 aromatic rings. The highest BCUT2D eigenvalue weighted by Gasteiger charge is 2.24. The third kappa shape index (κ3) is 6.65. The normalized spacial score (nSPS) is 15.4. The standard InChI is InChI=1S/C19H30N2O4/c1-23-12-4-14-25-18-6-2-5-16(15-18)19(22)21-10-7-17(8-11-21)24-13-3-9-20/h2,5-6,15,17H,3-4,7-14,20H2,1H3. The number of hydrogen-bond donors (Lipinski definition) is 1. The number of hydrogen-bond acceptors (Lipinski definition) is 5. The molecule has 0 unspecified atom stereocenters. The van der Waals surface area contributed by atoms with Gasteiger partial charge in [-0.2, -0.15) is 0 Å². The van der Waals surface area contributed by atoms with E-state index >= 15 is 0 Å². The lowest BCUT2D eigenvalue weighted by Crippen LogP contribution is -2.41. The van der Waals surface area contributed by atoms with E-state index < -0.39 is 0 Å². The van der Waals surface area contributed by atoms with Crippen LogP contribution in [0.15, 0.2) is 24.3 Å². The highest BCUT2D eigenvalue weighted by atomic mass is 16.5. The first-order valence-electron chi connectivity index (χ1n) is 9.07. The second-order valence-electron chi connectivity index (χ2n) is 6.23. The van der Waals surface area contributed by atoms with Crippen LogP contribution in [0.2, 0.25) is 0 Å². The number of nitrogens with zero attached hydrogens (tertiary/aromatic N) is 1. The van der Waals surface area contributed by atoms with Gasteiger partial charge < -0.3 is 24.8 Å². The second-order valence-corrected chi connectivity index (χ2v) is 6.23. The van der Waals surface area contributed by atoms with Crippen molar-refractivity contribution in [3.05, 3.63) is 29.8 Å². The summed E-state index contributed by atoms with van der Waals surface area (Å²) in [5.41, 5.74) is 6.15. The van der Waals surface area contributed by atoms with Gasteiger partial charge in [0.15, 0.2) is 0 Å². The molecule has 1 heterocycles. The fraction of sp³-hybridized carbons (Fsp3) is 0.632. The maximum Gasteiger partial charge on any atom is 0.253 e. The topological polar surface area (TPSA) is 74.0 Å². The molecule has 1 aliphatic heterocycles. The van der Waals surface area contributed by atoms with Gasteiger partial charge >= 0.3 is 0 Å². The number of piperidine rings is 1. The number of ether oxygens (including phenoxy) is 3. The van der Waals surface area contributed by atoms with E-state index in [-0.39, 0.29) is 12.0 Å². The van der Waals surface area contributed by atoms with Crippen LogP contribution in [0, 0.1) is 0 Å². The van der Waals surface area contributed by atoms with E-state index in [0.717, 1.165) is 44.5 Å². The van der Waals surface area contributed by atoms with Crippen molar-refractivity contribution in [2.24, 2.45) is 5.73 Å². The third-order valence-corrected chi connectivity index (χ3v) is 4.27. The molecule has 6 heteroatoms. The molecule has 2 N–H and O–H groups in total. The van der Waals surface area contributed by atoms with Crippen LogP contribution in [0.25, 0.3) is 0 Å². The van der Waals surface area contributed by atoms with Gasteiger partial charge in [-0.15, -0.1) is 0 Å². The number of rotatable bonds is 10. The van der Waals surface area contributed by atoms with Crippen LogP contribution in [-0.4, -0.2) is 63.5 Å². The average molecular weight is 350 g/mol. The average Bonchev–Trinajstić information content (AvgIpc) is 2.66. The van der Waals surface area contributed by atoms with Crippen molar-refractivity contribution in [1.82, 2.24) is 4.90 Å². The van der Waals surface area contributed by atoms with Crippen molar-refractivity contribution in [3.63, 3.8) is 0 Å². The summed E-state index contributed by atoms with van der Waals surface area (Å²) in [6.45, 7) is 4.06. The SMILES string of the molecule is COCCCOc1cccc(C(=O)N2CCC(OCCCN)CC2)c1. The highest BCUT2D eigenvalue weighted by Crippen LogP contribution is 2.19. The molecule has 0 radical (unpaired) electrons. The van der Waals surface area contributed by atoms with Crippen molar-refractivity contribution in [2.45, 2.75) is 31.8 Å². The Hall–Kier alpha value is -1.63. The molecule has 1 amide bonds. The summed E-state index contributed by atoms with van der Waals surface area (Å²) >= 11 is 0. The first-order valence-corrected chi connectivity index (χ1v) is 9.07. The molecule has 0 spiro atoms. The number of methoxy groups -OCH3 is 1. The number of nitrogens with two attached hydrogens (primary N) is 1. The molecule has 1 aliphatic rings. The Labute approximate surface area is 150 Å². The fourth-order valence-electron chi connectivity index (χ4n) is 2.85. The van der Waals surface area contributed by atoms with Crippen molar-refractivity contribution in [3.8, 4) is 5.75 Å². The number of benzene rings is 1. The van der Waals surface area contributed by atoms with Crippen molar-refractivity contribution >= 4 is 5.91 Å². The lowest BCUT2D eigenvalue weighted by molar-refractivity contribution is 0.00843. The van der Waals surface area contributed by atoms with Gasteiger partial charge in [-0.1, -0.05) is 6.07 Å². The molecule has 0 aromatic heterocycles. The molecule has 140 valence electrons. The summed E-state index contributed by atoms with van der Waals surface area (Å²) in [4.78, 5) is 14.6. The Balaban J connectivity index is 1.80. The van der Waals surface area contributed by atoms with E-state index in [4.69, 9.17) is 19.9 Å². The fourth-order valence-corrected chi connectivity index (χ4v) is 2.85. The van der Waals surface area contributed by atoms with Crippen LogP contribution in [0.4, 0.5) is 0 Å². The van der Waals surface area contributed by atoms with Gasteiger partial charge in [0.25, 0.3) is 5.91 Å². The predicted octanol–water partition coefficient (Wildman–Crippen LogP) is 2.07. The second kappa shape index (κ2) is 11.1. The van der Waals surface area contributed by atoms with E-state index in [1.165, 1.54) is 0 Å². The van der Waals surface area contributed by atoms with Gasteiger partial charge in [0.1, 0.15) is 5.75 Å². The summed E-state index contributed by atoms with van der Waals surface area (Å²) < 4.78 is 16.5. The zero-order chi connectivity index (χ0) is 17.9. The minimum Gasteiger partial charge on any atom is -0.493 e. The zero-order valence-corrected chi connectivity index (χ0v) is 15.1. The third-order valence-electron chi connectivity index (χ3n) is 4.27. The first kappa shape index (κ1) is 19.7. The Morgan fingerprint density at radius 1 is 1.20 bits per heavy atom. The Bertz CT molecular complexity index is 516. The summed E-state index contributed by atoms with van der Waals surface area (Å²) in [5, 5.41) is 0. The molecular weight excluding hydrogens is 320 g/mol. The van der Waals surface area contributed by atoms with Gasteiger partial charge in [0.05, 0.1) is 12.7 Å². The molecule has 0 saturated carbocycles. The van der Waals surface area contributed by atoms with Crippen LogP contribution in [-0.2, 0) is 9.47 Å². The Morgan fingerprint density at radius 3 is 2.72 bits per heavy atom. The zero-order valence-electron chi connectivity index (χ0n) is 15.1. The smallest absolute Gasteiger partial charge is 0.253 e. The number of likely N-dealkylation sites (tertiary alicyclic amines) is 1. The number of amides is 1. The Morgan fingerprint density at radius 2 is 2.00 bits per heavy atom. The first-order chi connectivity index (χ1) is 12.2. The van der Waals surface area contributed by atoms with Crippen LogP contribution in [0.5, 0.6) is 5.75 Å². The molecule has 6 nitrogen and oxygen atoms in total. The predicted molar refractivity (Wildman–Crippen MR) is 97.0 cm³/mol. The van der Waals surface area contributed by atoms with Crippen LogP contribution < -0.4 is 10.5 Å². The van der Waals surface area contributed by atoms with Gasteiger partial charge in [-0.3, -0.25) is 4.79 Å². The molecular formula is C19H30N2O4. The highest BCUT2D eigenvalue weighted by molar-refractivity contribution is 5.94. The monoisotopic (exact) mass is 350 g/mol. The molecule has 1 aromatic carbocycles. The molecule has 2 rings (SSSR count). The summed E-state index contributed by atoms with van der Waals surface area (Å²) in [6.07, 6.45) is 3.71. The van der Waals surface area contributed by atoms with Crippen molar-refractivity contribution in [2.75, 3.05) is 46.6 Å². The number of carbonyl (C=O) groups is 1. The lowest BCUT2D eigenvalue weighted by Gasteiger charge is -2.32. The minimum absolute atomic E-state index is 0.0581. The van der Waals surface area contributed by atoms with Crippen LogP contribution in [0.1, 0.15) is 36.0 Å². The quantitative estimate of drug-likeness (QED) is 0.654. The van der Waals surface area contributed by atoms with E-state index in [0.29, 0.717) is 31.9 Å². The van der Waals surface area contributed by atoms with E-state index in [1.807, 2.05) is 29.2 Å². The van der Waals surface area contributed by atoms with E-state index in [1.54, 1.807) is 7.11 Å². The van der Waals surface area contributed by atoms with Crippen molar-refractivity contribution < 1.29 is 19.0 Å². The van der Waals surface area contributed by atoms with Crippen LogP contribution >= 0.6 is 0 Å².